The number of benzene rings is 1. The monoisotopic (exact) mass is 317 g/mol. The van der Waals surface area contributed by atoms with E-state index in [1.807, 2.05) is 31.2 Å². The van der Waals surface area contributed by atoms with Crippen molar-refractivity contribution in [2.24, 2.45) is 10.1 Å². The molecule has 3 rings (SSSR count). The zero-order valence-corrected chi connectivity index (χ0v) is 13.1. The molecule has 0 saturated heterocycles. The predicted octanol–water partition coefficient (Wildman–Crippen LogP) is 1.99. The molecule has 0 fully saturated rings. The van der Waals surface area contributed by atoms with Crippen LogP contribution in [0.3, 0.4) is 0 Å². The van der Waals surface area contributed by atoms with Gasteiger partial charge in [-0.1, -0.05) is 17.3 Å². The molecule has 0 bridgehead atoms. The van der Waals surface area contributed by atoms with E-state index in [0.717, 1.165) is 18.7 Å². The van der Waals surface area contributed by atoms with Crippen molar-refractivity contribution in [1.29, 1.82) is 0 Å². The molecule has 0 amide bonds. The smallest absolute Gasteiger partial charge is 0.298 e. The molecule has 2 heterocycles. The van der Waals surface area contributed by atoms with Crippen LogP contribution in [0.5, 0.6) is 10.9 Å². The van der Waals surface area contributed by atoms with Crippen LogP contribution in [0.4, 0.5) is 0 Å². The van der Waals surface area contributed by atoms with Gasteiger partial charge in [-0.25, -0.2) is 0 Å². The lowest BCUT2D eigenvalue weighted by Crippen LogP contribution is -2.28. The van der Waals surface area contributed by atoms with Gasteiger partial charge in [0.25, 0.3) is 5.19 Å². The molecule has 1 aliphatic rings. The summed E-state index contributed by atoms with van der Waals surface area (Å²) in [7, 11) is 1.51. The molecule has 0 aliphatic carbocycles. The highest BCUT2D eigenvalue weighted by atomic mass is 32.1. The van der Waals surface area contributed by atoms with E-state index in [1.165, 1.54) is 18.6 Å². The number of aromatic nitrogens is 2. The van der Waals surface area contributed by atoms with Crippen molar-refractivity contribution in [3.63, 3.8) is 0 Å². The molecule has 1 aliphatic heterocycles. The Labute approximate surface area is 131 Å². The van der Waals surface area contributed by atoms with Crippen LogP contribution in [0.2, 0.25) is 0 Å². The summed E-state index contributed by atoms with van der Waals surface area (Å²) < 4.78 is 9.96. The molecule has 2 aromatic rings. The van der Waals surface area contributed by atoms with Gasteiger partial charge in [0.05, 0.1) is 12.1 Å². The minimum Gasteiger partial charge on any atom is -0.429 e. The molecule has 8 heteroatoms. The Kier molecular flexibility index (Phi) is 4.29. The fraction of sp³-hybridized carbons (Fsp3) is 0.286. The number of ether oxygens (including phenoxy) is 1. The Morgan fingerprint density at radius 3 is 2.91 bits per heavy atom. The average Bonchev–Trinajstić information content (AvgIpc) is 3.18. The van der Waals surface area contributed by atoms with Crippen LogP contribution in [0, 0.1) is 6.92 Å². The summed E-state index contributed by atoms with van der Waals surface area (Å²) in [6.45, 7) is 3.33. The van der Waals surface area contributed by atoms with Crippen molar-refractivity contribution in [3.8, 4) is 10.9 Å². The van der Waals surface area contributed by atoms with Crippen molar-refractivity contribution in [2.45, 2.75) is 6.92 Å². The highest BCUT2D eigenvalue weighted by Crippen LogP contribution is 2.27. The Morgan fingerprint density at radius 1 is 1.36 bits per heavy atom. The number of nitrogens with one attached hydrogen (secondary N) is 1. The third-order valence-electron chi connectivity index (χ3n) is 2.93. The highest BCUT2D eigenvalue weighted by Gasteiger charge is 2.20. The Bertz CT molecular complexity index is 726. The zero-order chi connectivity index (χ0) is 15.4. The highest BCUT2D eigenvalue weighted by molar-refractivity contribution is 7.07. The van der Waals surface area contributed by atoms with Gasteiger partial charge >= 0.3 is 0 Å². The normalized spacial score (nSPS) is 14.5. The Hall–Kier alpha value is -2.48. The number of aryl methyl sites for hydroxylation is 1. The van der Waals surface area contributed by atoms with Gasteiger partial charge in [0, 0.05) is 18.1 Å². The summed E-state index contributed by atoms with van der Waals surface area (Å²) in [5.41, 5.74) is 1.39. The van der Waals surface area contributed by atoms with E-state index in [-0.39, 0.29) is 0 Å². The van der Waals surface area contributed by atoms with Crippen LogP contribution in [0.15, 0.2) is 34.4 Å². The standard InChI is InChI=1S/C14H15N5O2S/c1-9-17-14(22-19-9)21-11-6-4-3-5-10(11)12(18-20-2)13-15-7-8-16-13/h3-6H,7-8H2,1-2H3,(H,15,16). The fourth-order valence-electron chi connectivity index (χ4n) is 2.03. The van der Waals surface area contributed by atoms with E-state index in [9.17, 15) is 0 Å². The molecular weight excluding hydrogens is 302 g/mol. The minimum absolute atomic E-state index is 0.489. The molecule has 22 heavy (non-hydrogen) atoms. The number of rotatable bonds is 5. The van der Waals surface area contributed by atoms with E-state index in [1.54, 1.807) is 0 Å². The molecule has 1 N–H and O–H groups in total. The molecule has 1 aromatic heterocycles. The molecule has 0 radical (unpaired) electrons. The van der Waals surface area contributed by atoms with Crippen molar-refractivity contribution in [2.75, 3.05) is 20.2 Å². The van der Waals surface area contributed by atoms with Crippen molar-refractivity contribution >= 4 is 23.1 Å². The second-order valence-corrected chi connectivity index (χ2v) is 5.20. The summed E-state index contributed by atoms with van der Waals surface area (Å²) in [6, 6.07) is 7.56. The molecule has 114 valence electrons. The number of hydrogen-bond donors (Lipinski definition) is 1. The van der Waals surface area contributed by atoms with Gasteiger partial charge in [-0.15, -0.1) is 0 Å². The SMILES string of the molecule is CON=C(C1=NCCN1)c1ccccc1Oc1nc(C)ns1. The molecular formula is C14H15N5O2S. The van der Waals surface area contributed by atoms with Crippen LogP contribution < -0.4 is 10.1 Å². The maximum Gasteiger partial charge on any atom is 0.298 e. The number of para-hydroxylation sites is 1. The van der Waals surface area contributed by atoms with Crippen LogP contribution in [-0.4, -0.2) is 41.1 Å². The fourth-order valence-corrected chi connectivity index (χ4v) is 2.58. The lowest BCUT2D eigenvalue weighted by Gasteiger charge is -2.11. The van der Waals surface area contributed by atoms with Crippen LogP contribution in [-0.2, 0) is 4.84 Å². The van der Waals surface area contributed by atoms with Crippen LogP contribution >= 0.6 is 11.5 Å². The van der Waals surface area contributed by atoms with E-state index < -0.39 is 0 Å². The second kappa shape index (κ2) is 6.52. The van der Waals surface area contributed by atoms with Crippen LogP contribution in [0.1, 0.15) is 11.4 Å². The maximum absolute atomic E-state index is 5.84. The molecule has 0 unspecified atom stereocenters. The number of amidine groups is 1. The van der Waals surface area contributed by atoms with Gasteiger partial charge in [0.1, 0.15) is 18.7 Å². The lowest BCUT2D eigenvalue weighted by atomic mass is 10.1. The number of oxime groups is 1. The number of aliphatic imine (C=N–C) groups is 1. The quantitative estimate of drug-likeness (QED) is 0.674. The molecule has 0 spiro atoms. The molecule has 7 nitrogen and oxygen atoms in total. The van der Waals surface area contributed by atoms with E-state index in [4.69, 9.17) is 9.57 Å². The predicted molar refractivity (Wildman–Crippen MR) is 85.0 cm³/mol. The first-order valence-electron chi connectivity index (χ1n) is 6.75. The average molecular weight is 317 g/mol. The van der Waals surface area contributed by atoms with Crippen LogP contribution in [0.25, 0.3) is 0 Å². The van der Waals surface area contributed by atoms with Gasteiger partial charge in [-0.2, -0.15) is 9.36 Å². The second-order valence-electron chi connectivity index (χ2n) is 4.49. The summed E-state index contributed by atoms with van der Waals surface area (Å²) in [4.78, 5) is 13.6. The van der Waals surface area contributed by atoms with Crippen molar-refractivity contribution in [3.05, 3.63) is 35.7 Å². The van der Waals surface area contributed by atoms with Gasteiger partial charge in [-0.05, 0) is 19.1 Å². The largest absolute Gasteiger partial charge is 0.429 e. The zero-order valence-electron chi connectivity index (χ0n) is 12.2. The third kappa shape index (κ3) is 3.06. The van der Waals surface area contributed by atoms with Gasteiger partial charge in [0.2, 0.25) is 0 Å². The van der Waals surface area contributed by atoms with Gasteiger partial charge in [0.15, 0.2) is 11.5 Å². The van der Waals surface area contributed by atoms with Gasteiger partial charge in [-0.3, -0.25) is 4.99 Å². The Morgan fingerprint density at radius 2 is 2.23 bits per heavy atom. The summed E-state index contributed by atoms with van der Waals surface area (Å²) in [6.07, 6.45) is 0. The maximum atomic E-state index is 5.84. The van der Waals surface area contributed by atoms with Crippen molar-refractivity contribution in [1.82, 2.24) is 14.7 Å². The summed E-state index contributed by atoms with van der Waals surface area (Å²) >= 11 is 1.21. The topological polar surface area (TPSA) is 81.0 Å². The first-order chi connectivity index (χ1) is 10.8. The molecule has 0 saturated carbocycles. The number of hydrogen-bond acceptors (Lipinski definition) is 8. The Balaban J connectivity index is 1.97. The molecule has 0 atom stereocenters. The van der Waals surface area contributed by atoms with Gasteiger partial charge < -0.3 is 14.9 Å². The third-order valence-corrected chi connectivity index (χ3v) is 3.62. The summed E-state index contributed by atoms with van der Waals surface area (Å²) in [5, 5.41) is 7.78. The lowest BCUT2D eigenvalue weighted by molar-refractivity contribution is 0.214. The van der Waals surface area contributed by atoms with E-state index in [2.05, 4.69) is 24.8 Å². The first kappa shape index (κ1) is 14.5. The summed E-state index contributed by atoms with van der Waals surface area (Å²) in [5.74, 6) is 2.02. The first-order valence-corrected chi connectivity index (χ1v) is 7.52. The van der Waals surface area contributed by atoms with E-state index >= 15 is 0 Å². The number of nitrogens with zero attached hydrogens (tertiary/aromatic N) is 4. The molecule has 1 aromatic carbocycles. The van der Waals surface area contributed by atoms with Crippen molar-refractivity contribution < 1.29 is 9.57 Å². The van der Waals surface area contributed by atoms with E-state index in [0.29, 0.717) is 28.3 Å². The minimum atomic E-state index is 0.489.